The molecule has 0 spiro atoms. The summed E-state index contributed by atoms with van der Waals surface area (Å²) in [5.41, 5.74) is 0.878. The number of nitrogens with one attached hydrogen (secondary N) is 1. The lowest BCUT2D eigenvalue weighted by Gasteiger charge is -2.32. The maximum Gasteiger partial charge on any atom is 0.305 e. The van der Waals surface area contributed by atoms with Gasteiger partial charge in [0.2, 0.25) is 10.0 Å². The Balaban J connectivity index is 2.28. The molecule has 7 nitrogen and oxygen atoms in total. The molecule has 2 N–H and O–H groups in total. The zero-order valence-corrected chi connectivity index (χ0v) is 16.2. The van der Waals surface area contributed by atoms with Gasteiger partial charge in [-0.3, -0.25) is 9.59 Å². The minimum Gasteiger partial charge on any atom is -0.481 e. The van der Waals surface area contributed by atoms with E-state index in [0.717, 1.165) is 19.3 Å². The fourth-order valence-corrected chi connectivity index (χ4v) is 4.91. The van der Waals surface area contributed by atoms with Crippen molar-refractivity contribution < 1.29 is 23.1 Å². The van der Waals surface area contributed by atoms with Crippen molar-refractivity contribution in [3.05, 3.63) is 29.3 Å². The highest BCUT2D eigenvalue weighted by Gasteiger charge is 2.31. The average molecular weight is 382 g/mol. The number of benzene rings is 1. The molecule has 0 aromatic heterocycles. The van der Waals surface area contributed by atoms with Gasteiger partial charge in [0.15, 0.2) is 0 Å². The monoisotopic (exact) mass is 382 g/mol. The molecule has 0 unspecified atom stereocenters. The van der Waals surface area contributed by atoms with Crippen LogP contribution in [0.25, 0.3) is 0 Å². The molecule has 0 radical (unpaired) electrons. The van der Waals surface area contributed by atoms with Crippen LogP contribution < -0.4 is 5.32 Å². The van der Waals surface area contributed by atoms with E-state index in [9.17, 15) is 18.0 Å². The molecule has 2 atom stereocenters. The van der Waals surface area contributed by atoms with Crippen molar-refractivity contribution in [2.45, 2.75) is 63.4 Å². The third-order valence-corrected chi connectivity index (χ3v) is 6.67. The summed E-state index contributed by atoms with van der Waals surface area (Å²) in [5, 5.41) is 11.4. The number of piperidine rings is 1. The number of aliphatic carboxylic acids is 1. The Labute approximate surface area is 154 Å². The van der Waals surface area contributed by atoms with Crippen LogP contribution in [-0.4, -0.2) is 48.3 Å². The van der Waals surface area contributed by atoms with E-state index in [1.165, 1.54) is 16.4 Å². The Morgan fingerprint density at radius 1 is 1.35 bits per heavy atom. The van der Waals surface area contributed by atoms with Crippen LogP contribution in [0.5, 0.6) is 0 Å². The molecule has 144 valence electrons. The molecular weight excluding hydrogens is 356 g/mol. The standard InChI is InChI=1S/C18H26N2O5S/c1-12-7-8-15(26(24,25)20-9-5-4-6-14(20)3)11-16(12)18(23)19-13(2)10-17(21)22/h7-8,11,13-14H,4-6,9-10H2,1-3H3,(H,19,23)(H,21,22)/t13-,14+/m1/s1. The van der Waals surface area contributed by atoms with Gasteiger partial charge in [-0.05, 0) is 51.3 Å². The van der Waals surface area contributed by atoms with Gasteiger partial charge in [-0.1, -0.05) is 12.5 Å². The number of carbonyl (C=O) groups is 2. The van der Waals surface area contributed by atoms with Crippen LogP contribution in [0.3, 0.4) is 0 Å². The number of carbonyl (C=O) groups excluding carboxylic acids is 1. The van der Waals surface area contributed by atoms with Gasteiger partial charge in [0.05, 0.1) is 11.3 Å². The number of nitrogens with zero attached hydrogens (tertiary/aromatic N) is 1. The van der Waals surface area contributed by atoms with Crippen LogP contribution in [0.1, 0.15) is 55.5 Å². The molecule has 1 amide bonds. The molecule has 0 saturated carbocycles. The maximum atomic E-state index is 13.0. The van der Waals surface area contributed by atoms with Gasteiger partial charge in [0, 0.05) is 24.2 Å². The van der Waals surface area contributed by atoms with E-state index in [1.54, 1.807) is 19.9 Å². The second-order valence-electron chi connectivity index (χ2n) is 6.91. The van der Waals surface area contributed by atoms with Crippen molar-refractivity contribution in [2.75, 3.05) is 6.54 Å². The summed E-state index contributed by atoms with van der Waals surface area (Å²) in [4.78, 5) is 23.3. The Morgan fingerprint density at radius 3 is 2.65 bits per heavy atom. The molecule has 8 heteroatoms. The molecule has 1 heterocycles. The summed E-state index contributed by atoms with van der Waals surface area (Å²) in [6.45, 7) is 5.69. The van der Waals surface area contributed by atoms with Crippen molar-refractivity contribution in [2.24, 2.45) is 0 Å². The number of carboxylic acids is 1. The third-order valence-electron chi connectivity index (χ3n) is 4.66. The fourth-order valence-electron chi connectivity index (χ4n) is 3.18. The summed E-state index contributed by atoms with van der Waals surface area (Å²) in [6, 6.07) is 3.89. The minimum absolute atomic E-state index is 0.0667. The number of rotatable bonds is 6. The van der Waals surface area contributed by atoms with Gasteiger partial charge in [-0.15, -0.1) is 0 Å². The Morgan fingerprint density at radius 2 is 2.04 bits per heavy atom. The molecule has 26 heavy (non-hydrogen) atoms. The summed E-state index contributed by atoms with van der Waals surface area (Å²) < 4.78 is 27.4. The van der Waals surface area contributed by atoms with E-state index in [1.807, 2.05) is 6.92 Å². The minimum atomic E-state index is -3.67. The van der Waals surface area contributed by atoms with Crippen molar-refractivity contribution in [3.63, 3.8) is 0 Å². The number of amides is 1. The molecule has 2 rings (SSSR count). The Kier molecular flexibility index (Phi) is 6.41. The largest absolute Gasteiger partial charge is 0.481 e. The van der Waals surface area contributed by atoms with Gasteiger partial charge in [0.25, 0.3) is 5.91 Å². The predicted octanol–water partition coefficient (Wildman–Crippen LogP) is 2.15. The van der Waals surface area contributed by atoms with Crippen molar-refractivity contribution >= 4 is 21.9 Å². The SMILES string of the molecule is Cc1ccc(S(=O)(=O)N2CCCC[C@@H]2C)cc1C(=O)N[C@H](C)CC(=O)O. The molecule has 1 aliphatic heterocycles. The Hall–Kier alpha value is -1.93. The first-order chi connectivity index (χ1) is 12.1. The highest BCUT2D eigenvalue weighted by molar-refractivity contribution is 7.89. The van der Waals surface area contributed by atoms with Crippen LogP contribution in [0.2, 0.25) is 0 Å². The predicted molar refractivity (Wildman–Crippen MR) is 97.6 cm³/mol. The zero-order valence-electron chi connectivity index (χ0n) is 15.4. The van der Waals surface area contributed by atoms with Crippen LogP contribution in [0, 0.1) is 6.92 Å². The molecular formula is C18H26N2O5S. The first-order valence-corrected chi connectivity index (χ1v) is 10.2. The van der Waals surface area contributed by atoms with Gasteiger partial charge < -0.3 is 10.4 Å². The number of sulfonamides is 1. The quantitative estimate of drug-likeness (QED) is 0.784. The molecule has 1 aromatic carbocycles. The van der Waals surface area contributed by atoms with E-state index in [-0.39, 0.29) is 22.9 Å². The van der Waals surface area contributed by atoms with Gasteiger partial charge in [0.1, 0.15) is 0 Å². The van der Waals surface area contributed by atoms with E-state index in [2.05, 4.69) is 5.32 Å². The van der Waals surface area contributed by atoms with Crippen LogP contribution in [-0.2, 0) is 14.8 Å². The van der Waals surface area contributed by atoms with E-state index < -0.39 is 27.9 Å². The maximum absolute atomic E-state index is 13.0. The third kappa shape index (κ3) is 4.62. The van der Waals surface area contributed by atoms with Gasteiger partial charge in [-0.25, -0.2) is 8.42 Å². The zero-order chi connectivity index (χ0) is 19.5. The molecule has 1 aromatic rings. The van der Waals surface area contributed by atoms with Crippen molar-refractivity contribution in [3.8, 4) is 0 Å². The normalized spacial score (nSPS) is 19.7. The lowest BCUT2D eigenvalue weighted by atomic mass is 10.1. The summed E-state index contributed by atoms with van der Waals surface area (Å²) in [5.74, 6) is -1.48. The van der Waals surface area contributed by atoms with Crippen LogP contribution in [0.4, 0.5) is 0 Å². The molecule has 1 fully saturated rings. The second-order valence-corrected chi connectivity index (χ2v) is 8.80. The fraction of sp³-hybridized carbons (Fsp3) is 0.556. The van der Waals surface area contributed by atoms with E-state index in [4.69, 9.17) is 5.11 Å². The molecule has 1 saturated heterocycles. The van der Waals surface area contributed by atoms with Crippen LogP contribution in [0.15, 0.2) is 23.1 Å². The topological polar surface area (TPSA) is 104 Å². The molecule has 1 aliphatic rings. The number of hydrogen-bond acceptors (Lipinski definition) is 4. The summed E-state index contributed by atoms with van der Waals surface area (Å²) in [6.07, 6.45) is 2.46. The number of hydrogen-bond donors (Lipinski definition) is 2. The summed E-state index contributed by atoms with van der Waals surface area (Å²) >= 11 is 0. The Bertz CT molecular complexity index is 791. The highest BCUT2D eigenvalue weighted by Crippen LogP contribution is 2.26. The van der Waals surface area contributed by atoms with Crippen molar-refractivity contribution in [1.29, 1.82) is 0 Å². The van der Waals surface area contributed by atoms with Gasteiger partial charge >= 0.3 is 5.97 Å². The lowest BCUT2D eigenvalue weighted by Crippen LogP contribution is -2.42. The van der Waals surface area contributed by atoms with E-state index in [0.29, 0.717) is 12.1 Å². The molecule has 0 aliphatic carbocycles. The second kappa shape index (κ2) is 8.18. The number of aryl methyl sites for hydroxylation is 1. The van der Waals surface area contributed by atoms with Gasteiger partial charge in [-0.2, -0.15) is 4.31 Å². The first-order valence-electron chi connectivity index (χ1n) is 8.78. The first kappa shape index (κ1) is 20.4. The van der Waals surface area contributed by atoms with E-state index >= 15 is 0 Å². The lowest BCUT2D eigenvalue weighted by molar-refractivity contribution is -0.137. The average Bonchev–Trinajstić information content (AvgIpc) is 2.54. The molecule has 0 bridgehead atoms. The number of carboxylic acid groups (broad SMARTS) is 1. The smallest absolute Gasteiger partial charge is 0.305 e. The van der Waals surface area contributed by atoms with Crippen molar-refractivity contribution in [1.82, 2.24) is 9.62 Å². The highest BCUT2D eigenvalue weighted by atomic mass is 32.2. The van der Waals surface area contributed by atoms with Crippen LogP contribution >= 0.6 is 0 Å². The summed E-state index contributed by atoms with van der Waals surface area (Å²) in [7, 11) is -3.67.